The van der Waals surface area contributed by atoms with Crippen molar-refractivity contribution >= 4 is 39.1 Å². The molecule has 3 aromatic carbocycles. The number of ether oxygens (including phenoxy) is 1. The molecule has 3 rings (SSSR count). The molecule has 3 aromatic rings. The second kappa shape index (κ2) is 14.9. The lowest BCUT2D eigenvalue weighted by Gasteiger charge is -2.33. The summed E-state index contributed by atoms with van der Waals surface area (Å²) in [5.41, 5.74) is 1.06. The summed E-state index contributed by atoms with van der Waals surface area (Å²) in [5, 5.41) is 3.52. The Morgan fingerprint density at radius 1 is 0.902 bits per heavy atom. The van der Waals surface area contributed by atoms with E-state index in [0.29, 0.717) is 29.5 Å². The highest BCUT2D eigenvalue weighted by atomic mass is 35.5. The van der Waals surface area contributed by atoms with Gasteiger partial charge in [-0.15, -0.1) is 0 Å². The first kappa shape index (κ1) is 32.0. The van der Waals surface area contributed by atoms with Crippen molar-refractivity contribution in [1.29, 1.82) is 0 Å². The van der Waals surface area contributed by atoms with Gasteiger partial charge in [-0.1, -0.05) is 55.8 Å². The quantitative estimate of drug-likeness (QED) is 0.258. The number of sulfonamides is 1. The Bertz CT molecular complexity index is 1380. The molecular weight excluding hydrogens is 562 g/mol. The van der Waals surface area contributed by atoms with Crippen LogP contribution in [0.4, 0.5) is 5.69 Å². The average Bonchev–Trinajstić information content (AvgIpc) is 2.97. The number of nitrogens with one attached hydrogen (secondary N) is 1. The third-order valence-corrected chi connectivity index (χ3v) is 8.74. The van der Waals surface area contributed by atoms with Crippen LogP contribution in [0.15, 0.2) is 83.8 Å². The summed E-state index contributed by atoms with van der Waals surface area (Å²) in [6.45, 7) is 7.60. The Hall–Kier alpha value is -3.56. The van der Waals surface area contributed by atoms with Gasteiger partial charge in [0.1, 0.15) is 18.3 Å². The van der Waals surface area contributed by atoms with Gasteiger partial charge >= 0.3 is 0 Å². The fourth-order valence-electron chi connectivity index (χ4n) is 4.27. The third-order valence-electron chi connectivity index (χ3n) is 6.70. The molecule has 0 radical (unpaired) electrons. The first-order valence-corrected chi connectivity index (χ1v) is 15.6. The van der Waals surface area contributed by atoms with Crippen molar-refractivity contribution < 1.29 is 22.7 Å². The molecule has 0 saturated carbocycles. The minimum atomic E-state index is -4.13. The first-order valence-electron chi connectivity index (χ1n) is 13.8. The van der Waals surface area contributed by atoms with Crippen LogP contribution in [0, 0.1) is 0 Å². The number of hydrogen-bond donors (Lipinski definition) is 1. The van der Waals surface area contributed by atoms with Crippen molar-refractivity contribution in [2.45, 2.75) is 64.1 Å². The molecule has 2 atom stereocenters. The maximum absolute atomic E-state index is 14.1. The minimum Gasteiger partial charge on any atom is -0.494 e. The molecule has 0 aliphatic heterocycles. The Labute approximate surface area is 248 Å². The summed E-state index contributed by atoms with van der Waals surface area (Å²) in [5.74, 6) is -0.223. The van der Waals surface area contributed by atoms with E-state index >= 15 is 0 Å². The van der Waals surface area contributed by atoms with Crippen LogP contribution in [0.5, 0.6) is 5.75 Å². The van der Waals surface area contributed by atoms with Gasteiger partial charge in [0.15, 0.2) is 0 Å². The molecule has 10 heteroatoms. The maximum atomic E-state index is 14.1. The van der Waals surface area contributed by atoms with Crippen LogP contribution in [-0.4, -0.2) is 50.4 Å². The van der Waals surface area contributed by atoms with E-state index in [4.69, 9.17) is 16.3 Å². The maximum Gasteiger partial charge on any atom is 0.264 e. The molecule has 0 heterocycles. The van der Waals surface area contributed by atoms with E-state index in [2.05, 4.69) is 5.32 Å². The zero-order chi connectivity index (χ0) is 30.0. The van der Waals surface area contributed by atoms with Crippen molar-refractivity contribution in [2.24, 2.45) is 0 Å². The standard InChI is InChI=1S/C31H38ClN3O5S/c1-5-23(4)33-31(37)29(6-2)34(21-24-13-15-25(32)16-14-24)30(36)22-35(26-17-19-27(20-18-26)40-7-3)41(38,39)28-11-9-8-10-12-28/h8-20,23,29H,5-7,21-22H2,1-4H3,(H,33,37)/t23-,29+/m1/s1. The number of nitrogens with zero attached hydrogens (tertiary/aromatic N) is 2. The molecule has 0 saturated heterocycles. The van der Waals surface area contributed by atoms with Crippen LogP contribution in [0.3, 0.4) is 0 Å². The predicted molar refractivity (Wildman–Crippen MR) is 163 cm³/mol. The summed E-state index contributed by atoms with van der Waals surface area (Å²) >= 11 is 6.07. The summed E-state index contributed by atoms with van der Waals surface area (Å²) in [4.78, 5) is 28.9. The summed E-state index contributed by atoms with van der Waals surface area (Å²) in [6, 6.07) is 20.6. The summed E-state index contributed by atoms with van der Waals surface area (Å²) in [7, 11) is -4.13. The van der Waals surface area contributed by atoms with E-state index in [1.54, 1.807) is 66.7 Å². The lowest BCUT2D eigenvalue weighted by atomic mass is 10.1. The van der Waals surface area contributed by atoms with Crippen LogP contribution < -0.4 is 14.4 Å². The second-order valence-corrected chi connectivity index (χ2v) is 11.9. The predicted octanol–water partition coefficient (Wildman–Crippen LogP) is 5.66. The highest BCUT2D eigenvalue weighted by Crippen LogP contribution is 2.27. The summed E-state index contributed by atoms with van der Waals surface area (Å²) in [6.07, 6.45) is 1.07. The van der Waals surface area contributed by atoms with Gasteiger partial charge in [0.05, 0.1) is 17.2 Å². The van der Waals surface area contributed by atoms with Crippen LogP contribution in [0.1, 0.15) is 46.1 Å². The topological polar surface area (TPSA) is 96.0 Å². The van der Waals surface area contributed by atoms with Crippen LogP contribution >= 0.6 is 11.6 Å². The van der Waals surface area contributed by atoms with Crippen molar-refractivity contribution in [2.75, 3.05) is 17.5 Å². The Morgan fingerprint density at radius 3 is 2.10 bits per heavy atom. The van der Waals surface area contributed by atoms with Gasteiger partial charge in [-0.05, 0) is 80.8 Å². The second-order valence-electron chi connectivity index (χ2n) is 9.64. The molecule has 2 amide bonds. The van der Waals surface area contributed by atoms with Gasteiger partial charge in [0, 0.05) is 17.6 Å². The smallest absolute Gasteiger partial charge is 0.264 e. The molecule has 220 valence electrons. The zero-order valence-corrected chi connectivity index (χ0v) is 25.5. The number of benzene rings is 3. The number of carbonyl (C=O) groups excluding carboxylic acids is 2. The van der Waals surface area contributed by atoms with Crippen LogP contribution in [0.2, 0.25) is 5.02 Å². The number of halogens is 1. The number of carbonyl (C=O) groups is 2. The molecule has 0 bridgehead atoms. The fraction of sp³-hybridized carbons (Fsp3) is 0.355. The largest absolute Gasteiger partial charge is 0.494 e. The lowest BCUT2D eigenvalue weighted by molar-refractivity contribution is -0.140. The van der Waals surface area contributed by atoms with Crippen LogP contribution in [0.25, 0.3) is 0 Å². The molecule has 41 heavy (non-hydrogen) atoms. The van der Waals surface area contributed by atoms with Gasteiger partial charge in [0.25, 0.3) is 10.0 Å². The van der Waals surface area contributed by atoms with Gasteiger partial charge in [-0.2, -0.15) is 0 Å². The number of anilines is 1. The van der Waals surface area contributed by atoms with E-state index in [1.165, 1.54) is 17.0 Å². The monoisotopic (exact) mass is 599 g/mol. The number of hydrogen-bond acceptors (Lipinski definition) is 5. The highest BCUT2D eigenvalue weighted by molar-refractivity contribution is 7.92. The van der Waals surface area contributed by atoms with Gasteiger partial charge in [0.2, 0.25) is 11.8 Å². The molecule has 8 nitrogen and oxygen atoms in total. The van der Waals surface area contributed by atoms with Crippen molar-refractivity contribution in [3.8, 4) is 5.75 Å². The van der Waals surface area contributed by atoms with Crippen molar-refractivity contribution in [1.82, 2.24) is 10.2 Å². The van der Waals surface area contributed by atoms with Gasteiger partial charge in [-0.3, -0.25) is 13.9 Å². The molecule has 0 aliphatic rings. The molecule has 0 aromatic heterocycles. The van der Waals surface area contributed by atoms with Crippen molar-refractivity contribution in [3.63, 3.8) is 0 Å². The van der Waals surface area contributed by atoms with E-state index in [9.17, 15) is 18.0 Å². The zero-order valence-electron chi connectivity index (χ0n) is 23.9. The molecule has 0 fully saturated rings. The van der Waals surface area contributed by atoms with Crippen LogP contribution in [-0.2, 0) is 26.2 Å². The average molecular weight is 600 g/mol. The normalized spacial score (nSPS) is 12.7. The Balaban J connectivity index is 2.04. The van der Waals surface area contributed by atoms with E-state index < -0.39 is 28.5 Å². The SMILES string of the molecule is CCOc1ccc(N(CC(=O)N(Cc2ccc(Cl)cc2)[C@@H](CC)C(=O)N[C@H](C)CC)S(=O)(=O)c2ccccc2)cc1. The van der Waals surface area contributed by atoms with Crippen molar-refractivity contribution in [3.05, 3.63) is 89.4 Å². The minimum absolute atomic E-state index is 0.0486. The van der Waals surface area contributed by atoms with E-state index in [-0.39, 0.29) is 23.4 Å². The number of amides is 2. The summed E-state index contributed by atoms with van der Waals surface area (Å²) < 4.78 is 34.4. The molecular formula is C31H38ClN3O5S. The Kier molecular flexibility index (Phi) is 11.6. The number of rotatable bonds is 14. The Morgan fingerprint density at radius 2 is 1.54 bits per heavy atom. The fourth-order valence-corrected chi connectivity index (χ4v) is 5.83. The lowest BCUT2D eigenvalue weighted by Crippen LogP contribution is -2.53. The molecule has 1 N–H and O–H groups in total. The highest BCUT2D eigenvalue weighted by Gasteiger charge is 2.34. The third kappa shape index (κ3) is 8.47. The van der Waals surface area contributed by atoms with E-state index in [0.717, 1.165) is 16.3 Å². The first-order chi connectivity index (χ1) is 19.6. The molecule has 0 aliphatic carbocycles. The van der Waals surface area contributed by atoms with Gasteiger partial charge in [-0.25, -0.2) is 8.42 Å². The molecule has 0 spiro atoms. The van der Waals surface area contributed by atoms with Gasteiger partial charge < -0.3 is 15.0 Å². The van der Waals surface area contributed by atoms with E-state index in [1.807, 2.05) is 27.7 Å². The molecule has 0 unspecified atom stereocenters.